The summed E-state index contributed by atoms with van der Waals surface area (Å²) >= 11 is 3.61. The Kier molecular flexibility index (Phi) is 6.68. The number of thiazole rings is 1. The maximum Gasteiger partial charge on any atom is 0.274 e. The van der Waals surface area contributed by atoms with E-state index in [9.17, 15) is 4.79 Å². The quantitative estimate of drug-likeness (QED) is 0.192. The van der Waals surface area contributed by atoms with E-state index in [0.29, 0.717) is 40.8 Å². The van der Waals surface area contributed by atoms with Gasteiger partial charge in [-0.05, 0) is 77.6 Å². The van der Waals surface area contributed by atoms with Crippen LogP contribution in [0.2, 0.25) is 0 Å². The molecule has 5 rings (SSSR count). The Morgan fingerprint density at radius 3 is 2.59 bits per heavy atom. The highest BCUT2D eigenvalue weighted by Gasteiger charge is 2.14. The Morgan fingerprint density at radius 2 is 1.76 bits per heavy atom. The Labute approximate surface area is 213 Å². The molecule has 0 saturated carbocycles. The fourth-order valence-electron chi connectivity index (χ4n) is 3.66. The molecule has 0 saturated heterocycles. The fraction of sp³-hybridized carbons (Fsp3) is 0.154. The summed E-state index contributed by atoms with van der Waals surface area (Å²) in [7, 11) is 0. The van der Waals surface area contributed by atoms with Crippen LogP contribution in [0.15, 0.2) is 71.5 Å². The molecule has 0 atom stereocenters. The number of ether oxygens (including phenoxy) is 3. The van der Waals surface area contributed by atoms with E-state index in [1.54, 1.807) is 4.40 Å². The number of hydrogen-bond donors (Lipinski definition) is 0. The van der Waals surface area contributed by atoms with Crippen LogP contribution in [-0.2, 0) is 0 Å². The first-order valence-corrected chi connectivity index (χ1v) is 12.7. The average Bonchev–Trinajstić information content (AvgIpc) is 3.35. The summed E-state index contributed by atoms with van der Waals surface area (Å²) in [5, 5.41) is 0. The molecule has 0 spiro atoms. The minimum absolute atomic E-state index is 0.0694. The van der Waals surface area contributed by atoms with Crippen molar-refractivity contribution in [2.24, 2.45) is 0 Å². The number of imidazole rings is 1. The monoisotopic (exact) mass is 584 g/mol. The first-order valence-electron chi connectivity index (χ1n) is 10.8. The van der Waals surface area contributed by atoms with Crippen molar-refractivity contribution in [3.8, 4) is 17.2 Å². The molecule has 0 radical (unpaired) electrons. The smallest absolute Gasteiger partial charge is 0.274 e. The number of benzene rings is 3. The third kappa shape index (κ3) is 4.60. The van der Waals surface area contributed by atoms with Crippen LogP contribution in [0.4, 0.5) is 0 Å². The molecule has 0 fully saturated rings. The molecule has 0 unspecified atom stereocenters. The van der Waals surface area contributed by atoms with Crippen LogP contribution in [0.1, 0.15) is 12.5 Å². The van der Waals surface area contributed by atoms with Gasteiger partial charge >= 0.3 is 0 Å². The van der Waals surface area contributed by atoms with Gasteiger partial charge in [-0.15, -0.1) is 0 Å². The van der Waals surface area contributed by atoms with Gasteiger partial charge in [0, 0.05) is 0 Å². The second-order valence-electron chi connectivity index (χ2n) is 7.41. The molecule has 0 aliphatic carbocycles. The van der Waals surface area contributed by atoms with Crippen molar-refractivity contribution < 1.29 is 14.2 Å². The summed E-state index contributed by atoms with van der Waals surface area (Å²) in [6.07, 6.45) is 1.88. The van der Waals surface area contributed by atoms with Gasteiger partial charge in [0.05, 0.1) is 25.7 Å². The predicted octanol–water partition coefficient (Wildman–Crippen LogP) is 4.92. The number of rotatable bonds is 8. The number of nitrogens with zero attached hydrogens (tertiary/aromatic N) is 2. The maximum atomic E-state index is 13.1. The zero-order valence-corrected chi connectivity index (χ0v) is 21.3. The highest BCUT2D eigenvalue weighted by molar-refractivity contribution is 14.1. The summed E-state index contributed by atoms with van der Waals surface area (Å²) in [5.74, 6) is 2.12. The lowest BCUT2D eigenvalue weighted by atomic mass is 10.2. The van der Waals surface area contributed by atoms with Gasteiger partial charge in [0.2, 0.25) is 0 Å². The molecule has 0 aliphatic rings. The van der Waals surface area contributed by atoms with Gasteiger partial charge in [-0.25, -0.2) is 9.38 Å². The molecule has 0 N–H and O–H groups in total. The summed E-state index contributed by atoms with van der Waals surface area (Å²) in [6, 6.07) is 21.2. The van der Waals surface area contributed by atoms with Gasteiger partial charge in [0.1, 0.15) is 19.0 Å². The lowest BCUT2D eigenvalue weighted by Crippen LogP contribution is -2.22. The number of hydrogen-bond acceptors (Lipinski definition) is 6. The van der Waals surface area contributed by atoms with E-state index in [1.165, 1.54) is 11.3 Å². The van der Waals surface area contributed by atoms with Gasteiger partial charge in [0.25, 0.3) is 5.56 Å². The predicted molar refractivity (Wildman–Crippen MR) is 143 cm³/mol. The zero-order chi connectivity index (χ0) is 23.5. The van der Waals surface area contributed by atoms with Crippen LogP contribution in [-0.4, -0.2) is 29.2 Å². The molecule has 8 heteroatoms. The summed E-state index contributed by atoms with van der Waals surface area (Å²) in [4.78, 5) is 18.4. The van der Waals surface area contributed by atoms with Gasteiger partial charge in [-0.2, -0.15) is 0 Å². The summed E-state index contributed by atoms with van der Waals surface area (Å²) in [5.41, 5.74) is 2.44. The van der Waals surface area contributed by atoms with Gasteiger partial charge in [0.15, 0.2) is 16.5 Å². The van der Waals surface area contributed by atoms with Crippen molar-refractivity contribution in [2.75, 3.05) is 19.8 Å². The van der Waals surface area contributed by atoms with Crippen molar-refractivity contribution in [1.82, 2.24) is 9.38 Å². The molecule has 2 aromatic heterocycles. The van der Waals surface area contributed by atoms with Crippen LogP contribution in [0.25, 0.3) is 22.1 Å². The van der Waals surface area contributed by atoms with E-state index < -0.39 is 0 Å². The molecular formula is C26H21IN2O4S. The van der Waals surface area contributed by atoms with Crippen molar-refractivity contribution in [3.63, 3.8) is 0 Å². The second kappa shape index (κ2) is 10.0. The fourth-order valence-corrected chi connectivity index (χ4v) is 5.43. The standard InChI is InChI=1S/C26H21IN2O4S/c1-2-31-22-15-17(14-19(27)24(22)33-13-12-32-18-8-4-3-5-9-18)16-23-25(30)29-21-11-7-6-10-20(21)28-26(29)34-23/h3-11,14-16H,2,12-13H2,1H3. The molecule has 0 bridgehead atoms. The van der Waals surface area contributed by atoms with E-state index in [1.807, 2.05) is 79.7 Å². The van der Waals surface area contributed by atoms with Crippen LogP contribution in [0.3, 0.4) is 0 Å². The highest BCUT2D eigenvalue weighted by Crippen LogP contribution is 2.34. The normalized spacial score (nSPS) is 11.9. The van der Waals surface area contributed by atoms with Gasteiger partial charge in [-0.3, -0.25) is 4.79 Å². The van der Waals surface area contributed by atoms with Crippen molar-refractivity contribution >= 4 is 56.0 Å². The molecule has 0 aliphatic heterocycles. The van der Waals surface area contributed by atoms with Crippen LogP contribution in [0, 0.1) is 3.57 Å². The Morgan fingerprint density at radius 1 is 1.00 bits per heavy atom. The lowest BCUT2D eigenvalue weighted by molar-refractivity contribution is 0.207. The zero-order valence-electron chi connectivity index (χ0n) is 18.4. The number of aromatic nitrogens is 2. The minimum Gasteiger partial charge on any atom is -0.490 e. The largest absolute Gasteiger partial charge is 0.490 e. The first-order chi connectivity index (χ1) is 16.6. The highest BCUT2D eigenvalue weighted by atomic mass is 127. The number of halogens is 1. The molecule has 3 aromatic carbocycles. The Bertz CT molecular complexity index is 1560. The molecule has 5 aromatic rings. The Hall–Kier alpha value is -3.11. The summed E-state index contributed by atoms with van der Waals surface area (Å²) < 4.78 is 20.8. The van der Waals surface area contributed by atoms with E-state index in [4.69, 9.17) is 14.2 Å². The second-order valence-corrected chi connectivity index (χ2v) is 9.58. The van der Waals surface area contributed by atoms with E-state index in [2.05, 4.69) is 27.6 Å². The first kappa shape index (κ1) is 22.7. The summed E-state index contributed by atoms with van der Waals surface area (Å²) in [6.45, 7) is 3.23. The molecule has 2 heterocycles. The number of fused-ring (bicyclic) bond motifs is 3. The van der Waals surface area contributed by atoms with Crippen molar-refractivity contribution in [1.29, 1.82) is 0 Å². The molecule has 0 amide bonds. The van der Waals surface area contributed by atoms with E-state index in [0.717, 1.165) is 25.9 Å². The Balaban J connectivity index is 1.42. The molecule has 172 valence electrons. The minimum atomic E-state index is -0.0694. The topological polar surface area (TPSA) is 62.1 Å². The van der Waals surface area contributed by atoms with E-state index in [-0.39, 0.29) is 5.56 Å². The SMILES string of the molecule is CCOc1cc(C=c2sc3nc4ccccc4n3c2=O)cc(I)c1OCCOc1ccccc1. The van der Waals surface area contributed by atoms with Crippen molar-refractivity contribution in [3.05, 3.63) is 90.7 Å². The maximum absolute atomic E-state index is 13.1. The molecule has 34 heavy (non-hydrogen) atoms. The van der Waals surface area contributed by atoms with Crippen LogP contribution < -0.4 is 24.3 Å². The molecular weight excluding hydrogens is 563 g/mol. The van der Waals surface area contributed by atoms with Crippen LogP contribution >= 0.6 is 33.9 Å². The third-order valence-electron chi connectivity index (χ3n) is 5.12. The van der Waals surface area contributed by atoms with Gasteiger partial charge < -0.3 is 14.2 Å². The van der Waals surface area contributed by atoms with Crippen molar-refractivity contribution in [2.45, 2.75) is 6.92 Å². The average molecular weight is 584 g/mol. The van der Waals surface area contributed by atoms with Gasteiger partial charge in [-0.1, -0.05) is 41.7 Å². The van der Waals surface area contributed by atoms with Crippen LogP contribution in [0.5, 0.6) is 17.2 Å². The molecule has 6 nitrogen and oxygen atoms in total. The van der Waals surface area contributed by atoms with E-state index >= 15 is 0 Å². The number of para-hydroxylation sites is 3. The lowest BCUT2D eigenvalue weighted by Gasteiger charge is -2.15. The third-order valence-corrected chi connectivity index (χ3v) is 6.89.